The standard InChI is InChI=1S/C15H16O4/c1-2-15(18,10-11-6-4-3-5-7-11)13-12(14(16)17)8-9-19-13/h3-9,18H,2,10H2,1H3,(H,16,17). The molecule has 0 amide bonds. The van der Waals surface area contributed by atoms with E-state index in [-0.39, 0.29) is 11.3 Å². The summed E-state index contributed by atoms with van der Waals surface area (Å²) in [5.74, 6) is -0.977. The Labute approximate surface area is 111 Å². The van der Waals surface area contributed by atoms with Crippen LogP contribution in [0.5, 0.6) is 0 Å². The van der Waals surface area contributed by atoms with Crippen LogP contribution >= 0.6 is 0 Å². The zero-order chi connectivity index (χ0) is 13.9. The number of benzene rings is 1. The molecule has 1 unspecified atom stereocenters. The van der Waals surface area contributed by atoms with Crippen LogP contribution < -0.4 is 0 Å². The SMILES string of the molecule is CCC(O)(Cc1ccccc1)c1occc1C(=O)O. The Morgan fingerprint density at radius 2 is 1.95 bits per heavy atom. The molecular weight excluding hydrogens is 244 g/mol. The van der Waals surface area contributed by atoms with E-state index in [4.69, 9.17) is 9.52 Å². The fourth-order valence-electron chi connectivity index (χ4n) is 2.14. The van der Waals surface area contributed by atoms with Crippen LogP contribution in [0.25, 0.3) is 0 Å². The van der Waals surface area contributed by atoms with E-state index in [0.29, 0.717) is 12.8 Å². The van der Waals surface area contributed by atoms with Gasteiger partial charge in [-0.3, -0.25) is 0 Å². The van der Waals surface area contributed by atoms with Crippen molar-refractivity contribution < 1.29 is 19.4 Å². The van der Waals surface area contributed by atoms with Crippen molar-refractivity contribution in [2.45, 2.75) is 25.4 Å². The van der Waals surface area contributed by atoms with Gasteiger partial charge < -0.3 is 14.6 Å². The van der Waals surface area contributed by atoms with Crippen LogP contribution in [0.1, 0.15) is 35.0 Å². The van der Waals surface area contributed by atoms with E-state index in [1.807, 2.05) is 30.3 Å². The van der Waals surface area contributed by atoms with E-state index < -0.39 is 11.6 Å². The van der Waals surface area contributed by atoms with Crippen molar-refractivity contribution >= 4 is 5.97 Å². The predicted molar refractivity (Wildman–Crippen MR) is 70.0 cm³/mol. The Balaban J connectivity index is 2.37. The van der Waals surface area contributed by atoms with Crippen LogP contribution in [0, 0.1) is 0 Å². The molecule has 0 aliphatic rings. The molecule has 2 rings (SSSR count). The van der Waals surface area contributed by atoms with Gasteiger partial charge in [-0.2, -0.15) is 0 Å². The number of aliphatic hydroxyl groups is 1. The summed E-state index contributed by atoms with van der Waals surface area (Å²) in [6.07, 6.45) is 1.98. The van der Waals surface area contributed by atoms with Crippen LogP contribution in [-0.2, 0) is 12.0 Å². The number of rotatable bonds is 5. The minimum atomic E-state index is -1.31. The number of hydrogen-bond acceptors (Lipinski definition) is 3. The number of carbonyl (C=O) groups is 1. The summed E-state index contributed by atoms with van der Waals surface area (Å²) in [6.45, 7) is 1.80. The smallest absolute Gasteiger partial charge is 0.339 e. The van der Waals surface area contributed by atoms with E-state index >= 15 is 0 Å². The number of aromatic carboxylic acids is 1. The first-order valence-corrected chi connectivity index (χ1v) is 6.14. The summed E-state index contributed by atoms with van der Waals surface area (Å²) in [4.78, 5) is 11.1. The zero-order valence-electron chi connectivity index (χ0n) is 10.7. The Kier molecular flexibility index (Phi) is 3.71. The maximum absolute atomic E-state index is 11.1. The fourth-order valence-corrected chi connectivity index (χ4v) is 2.14. The lowest BCUT2D eigenvalue weighted by Crippen LogP contribution is -2.29. The maximum Gasteiger partial charge on any atom is 0.339 e. The van der Waals surface area contributed by atoms with Crippen molar-refractivity contribution in [3.05, 3.63) is 59.5 Å². The summed E-state index contributed by atoms with van der Waals surface area (Å²) in [6, 6.07) is 10.8. The van der Waals surface area contributed by atoms with Crippen molar-refractivity contribution in [2.24, 2.45) is 0 Å². The minimum absolute atomic E-state index is 0.0141. The molecule has 1 aromatic heterocycles. The molecule has 100 valence electrons. The number of hydrogen-bond donors (Lipinski definition) is 2. The quantitative estimate of drug-likeness (QED) is 0.867. The fraction of sp³-hybridized carbons (Fsp3) is 0.267. The molecule has 2 aromatic rings. The summed E-state index contributed by atoms with van der Waals surface area (Å²) in [5, 5.41) is 19.8. The number of carboxylic acids is 1. The van der Waals surface area contributed by atoms with E-state index in [2.05, 4.69) is 0 Å². The van der Waals surface area contributed by atoms with Gasteiger partial charge in [0.05, 0.1) is 6.26 Å². The Bertz CT molecular complexity index is 559. The molecule has 4 heteroatoms. The highest BCUT2D eigenvalue weighted by Crippen LogP contribution is 2.32. The third kappa shape index (κ3) is 2.69. The zero-order valence-corrected chi connectivity index (χ0v) is 10.7. The topological polar surface area (TPSA) is 70.7 Å². The molecular formula is C15H16O4. The second-order valence-electron chi connectivity index (χ2n) is 4.52. The van der Waals surface area contributed by atoms with E-state index in [1.165, 1.54) is 12.3 Å². The van der Waals surface area contributed by atoms with Gasteiger partial charge in [-0.05, 0) is 18.1 Å². The Morgan fingerprint density at radius 3 is 2.53 bits per heavy atom. The van der Waals surface area contributed by atoms with Crippen molar-refractivity contribution in [1.29, 1.82) is 0 Å². The largest absolute Gasteiger partial charge is 0.478 e. The average molecular weight is 260 g/mol. The molecule has 0 aliphatic carbocycles. The highest BCUT2D eigenvalue weighted by atomic mass is 16.4. The molecule has 0 aliphatic heterocycles. The Morgan fingerprint density at radius 1 is 1.26 bits per heavy atom. The highest BCUT2D eigenvalue weighted by molar-refractivity contribution is 5.89. The van der Waals surface area contributed by atoms with Crippen molar-refractivity contribution in [1.82, 2.24) is 0 Å². The van der Waals surface area contributed by atoms with Gasteiger partial charge in [0, 0.05) is 6.42 Å². The molecule has 0 saturated carbocycles. The first-order valence-electron chi connectivity index (χ1n) is 6.14. The molecule has 0 spiro atoms. The lowest BCUT2D eigenvalue weighted by molar-refractivity contribution is 0.00894. The van der Waals surface area contributed by atoms with Gasteiger partial charge in [-0.25, -0.2) is 4.79 Å². The lowest BCUT2D eigenvalue weighted by atomic mass is 9.87. The van der Waals surface area contributed by atoms with Gasteiger partial charge >= 0.3 is 5.97 Å². The molecule has 2 N–H and O–H groups in total. The molecule has 1 aromatic carbocycles. The van der Waals surface area contributed by atoms with Gasteiger partial charge in [0.15, 0.2) is 0 Å². The summed E-state index contributed by atoms with van der Waals surface area (Å²) in [5.41, 5.74) is -0.363. The van der Waals surface area contributed by atoms with Crippen molar-refractivity contribution in [3.8, 4) is 0 Å². The average Bonchev–Trinajstić information content (AvgIpc) is 2.90. The lowest BCUT2D eigenvalue weighted by Gasteiger charge is -2.25. The molecule has 0 saturated heterocycles. The predicted octanol–water partition coefficient (Wildman–Crippen LogP) is 2.82. The van der Waals surface area contributed by atoms with Crippen LogP contribution in [-0.4, -0.2) is 16.2 Å². The maximum atomic E-state index is 11.1. The van der Waals surface area contributed by atoms with E-state index in [1.54, 1.807) is 6.92 Å². The van der Waals surface area contributed by atoms with Crippen LogP contribution in [0.15, 0.2) is 47.1 Å². The molecule has 1 heterocycles. The molecule has 0 radical (unpaired) electrons. The molecule has 0 bridgehead atoms. The Hall–Kier alpha value is -2.07. The first-order chi connectivity index (χ1) is 9.07. The van der Waals surface area contributed by atoms with E-state index in [9.17, 15) is 9.90 Å². The summed E-state index contributed by atoms with van der Waals surface area (Å²) < 4.78 is 5.22. The van der Waals surface area contributed by atoms with Crippen molar-refractivity contribution in [2.75, 3.05) is 0 Å². The van der Waals surface area contributed by atoms with Gasteiger partial charge in [0.1, 0.15) is 16.9 Å². The third-order valence-electron chi connectivity index (χ3n) is 3.24. The van der Waals surface area contributed by atoms with Crippen LogP contribution in [0.2, 0.25) is 0 Å². The van der Waals surface area contributed by atoms with Gasteiger partial charge in [0.25, 0.3) is 0 Å². The van der Waals surface area contributed by atoms with E-state index in [0.717, 1.165) is 5.56 Å². The second-order valence-corrected chi connectivity index (χ2v) is 4.52. The minimum Gasteiger partial charge on any atom is -0.478 e. The second kappa shape index (κ2) is 5.28. The monoisotopic (exact) mass is 260 g/mol. The molecule has 19 heavy (non-hydrogen) atoms. The van der Waals surface area contributed by atoms with Crippen molar-refractivity contribution in [3.63, 3.8) is 0 Å². The molecule has 1 atom stereocenters. The van der Waals surface area contributed by atoms with Crippen LogP contribution in [0.4, 0.5) is 0 Å². The molecule has 0 fully saturated rings. The highest BCUT2D eigenvalue weighted by Gasteiger charge is 2.35. The number of furan rings is 1. The molecule has 4 nitrogen and oxygen atoms in total. The first kappa shape index (κ1) is 13.4. The van der Waals surface area contributed by atoms with Gasteiger partial charge in [-0.15, -0.1) is 0 Å². The van der Waals surface area contributed by atoms with Gasteiger partial charge in [0.2, 0.25) is 0 Å². The summed E-state index contributed by atoms with van der Waals surface area (Å²) >= 11 is 0. The third-order valence-corrected chi connectivity index (χ3v) is 3.24. The summed E-state index contributed by atoms with van der Waals surface area (Å²) in [7, 11) is 0. The number of carboxylic acid groups (broad SMARTS) is 1. The van der Waals surface area contributed by atoms with Crippen LogP contribution in [0.3, 0.4) is 0 Å². The van der Waals surface area contributed by atoms with Gasteiger partial charge in [-0.1, -0.05) is 37.3 Å². The normalized spacial score (nSPS) is 14.0.